The van der Waals surface area contributed by atoms with Crippen molar-refractivity contribution in [1.29, 1.82) is 0 Å². The van der Waals surface area contributed by atoms with Gasteiger partial charge < -0.3 is 10.5 Å². The first kappa shape index (κ1) is 16.9. The fourth-order valence-electron chi connectivity index (χ4n) is 2.99. The molecule has 3 N–H and O–H groups in total. The van der Waals surface area contributed by atoms with Crippen molar-refractivity contribution in [2.45, 2.75) is 31.9 Å². The summed E-state index contributed by atoms with van der Waals surface area (Å²) >= 11 is 8.19. The van der Waals surface area contributed by atoms with Gasteiger partial charge in [0.15, 0.2) is 0 Å². The molecule has 1 aromatic carbocycles. The van der Waals surface area contributed by atoms with E-state index in [9.17, 15) is 5.11 Å². The number of hydrogen-bond donors (Lipinski definition) is 3. The Balaban J connectivity index is 1.98. The van der Waals surface area contributed by atoms with Crippen LogP contribution in [0.3, 0.4) is 0 Å². The Morgan fingerprint density at radius 1 is 1.52 bits per heavy atom. The van der Waals surface area contributed by atoms with Crippen molar-refractivity contribution >= 4 is 40.2 Å². The second-order valence-corrected chi connectivity index (χ2v) is 7.00. The maximum absolute atomic E-state index is 11.5. The van der Waals surface area contributed by atoms with Crippen molar-refractivity contribution in [3.8, 4) is 0 Å². The largest absolute Gasteiger partial charge is 0.383 e. The molecular weight excluding hydrogens is 429 g/mol. The normalized spacial score (nSPS) is 18.4. The third-order valence-electron chi connectivity index (χ3n) is 4.60. The molecule has 1 fully saturated rings. The number of rotatable bonds is 7. The maximum atomic E-state index is 11.5. The summed E-state index contributed by atoms with van der Waals surface area (Å²) in [6, 6.07) is 5.58. The van der Waals surface area contributed by atoms with Gasteiger partial charge in [-0.3, -0.25) is 0 Å². The topological polar surface area (TPSA) is 75.0 Å². The Labute approximate surface area is 154 Å². The lowest BCUT2D eigenvalue weighted by Gasteiger charge is -2.35. The minimum Gasteiger partial charge on any atom is -0.383 e. The zero-order valence-corrected chi connectivity index (χ0v) is 15.6. The molecule has 1 aliphatic carbocycles. The van der Waals surface area contributed by atoms with Crippen LogP contribution in [0.15, 0.2) is 30.9 Å². The Kier molecular flexibility index (Phi) is 5.10. The van der Waals surface area contributed by atoms with Crippen molar-refractivity contribution in [1.82, 2.24) is 18.4 Å². The van der Waals surface area contributed by atoms with Crippen LogP contribution in [0, 0.1) is 11.8 Å². The van der Waals surface area contributed by atoms with Crippen LogP contribution in [0.2, 0.25) is 5.02 Å². The lowest BCUT2D eigenvalue weighted by molar-refractivity contribution is -0.0442. The Hall–Kier alpha value is -0.900. The van der Waals surface area contributed by atoms with Crippen molar-refractivity contribution in [3.63, 3.8) is 0 Å². The van der Waals surface area contributed by atoms with Crippen molar-refractivity contribution in [2.24, 2.45) is 11.8 Å². The zero-order chi connectivity index (χ0) is 16.4. The predicted molar refractivity (Wildman–Crippen MR) is 98.0 cm³/mol. The van der Waals surface area contributed by atoms with Gasteiger partial charge in [0.1, 0.15) is 18.3 Å². The minimum atomic E-state index is -1.03. The number of hydrogen-bond acceptors (Lipinski definition) is 5. The molecule has 2 unspecified atom stereocenters. The first-order valence-electron chi connectivity index (χ1n) is 7.51. The first-order chi connectivity index (χ1) is 11.0. The number of aliphatic hydroxyl groups is 1. The molecule has 0 radical (unpaired) electrons. The number of hydrazine groups is 1. The molecule has 124 valence electrons. The average Bonchev–Trinajstić information content (AvgIpc) is 3.27. The van der Waals surface area contributed by atoms with Crippen LogP contribution in [0.1, 0.15) is 25.3 Å². The highest BCUT2D eigenvalue weighted by Crippen LogP contribution is 2.47. The fraction of sp³-hybridized carbons (Fsp3) is 0.467. The number of benzene rings is 1. The standard InChI is InChI=1S/C15H19ClIN5O/c1-10(11-2-3-11)15(23,7-22-9-18-8-19-22)12-4-5-13(16)14(6-12)20-21-17/h4-6,8-11,20-21,23H,2-3,7H2,1H3. The van der Waals surface area contributed by atoms with Crippen LogP contribution in [0.5, 0.6) is 0 Å². The molecule has 2 aromatic rings. The number of aromatic nitrogens is 3. The highest BCUT2D eigenvalue weighted by molar-refractivity contribution is 14.1. The summed E-state index contributed by atoms with van der Waals surface area (Å²) in [5, 5.41) is 16.3. The van der Waals surface area contributed by atoms with E-state index in [0.717, 1.165) is 24.1 Å². The molecule has 1 aliphatic rings. The SMILES string of the molecule is CC(C1CC1)C(O)(Cn1cncn1)c1ccc(Cl)c(NNI)c1. The molecular formula is C15H19ClIN5O. The van der Waals surface area contributed by atoms with E-state index >= 15 is 0 Å². The summed E-state index contributed by atoms with van der Waals surface area (Å²) in [6.45, 7) is 2.47. The molecule has 0 aliphatic heterocycles. The Bertz CT molecular complexity index is 664. The van der Waals surface area contributed by atoms with E-state index in [4.69, 9.17) is 11.6 Å². The van der Waals surface area contributed by atoms with Crippen LogP contribution in [0.4, 0.5) is 5.69 Å². The predicted octanol–water partition coefficient (Wildman–Crippen LogP) is 3.13. The average molecular weight is 448 g/mol. The third kappa shape index (κ3) is 3.62. The molecule has 1 heterocycles. The van der Waals surface area contributed by atoms with Crippen LogP contribution < -0.4 is 9.06 Å². The molecule has 3 rings (SSSR count). The fourth-order valence-corrected chi connectivity index (χ4v) is 3.44. The molecule has 2 atom stereocenters. The molecule has 8 heteroatoms. The monoisotopic (exact) mass is 447 g/mol. The van der Waals surface area contributed by atoms with Gasteiger partial charge in [0.05, 0.1) is 17.3 Å². The lowest BCUT2D eigenvalue weighted by Crippen LogP contribution is -2.39. The summed E-state index contributed by atoms with van der Waals surface area (Å²) in [4.78, 5) is 3.98. The summed E-state index contributed by atoms with van der Waals surface area (Å²) in [6.07, 6.45) is 5.44. The smallest absolute Gasteiger partial charge is 0.137 e. The molecule has 1 aromatic heterocycles. The Morgan fingerprint density at radius 2 is 2.30 bits per heavy atom. The van der Waals surface area contributed by atoms with Gasteiger partial charge in [-0.25, -0.2) is 9.67 Å². The van der Waals surface area contributed by atoms with Crippen molar-refractivity contribution in [2.75, 3.05) is 5.43 Å². The van der Waals surface area contributed by atoms with E-state index in [2.05, 4.69) is 26.1 Å². The molecule has 0 saturated heterocycles. The molecule has 0 amide bonds. The molecule has 6 nitrogen and oxygen atoms in total. The van der Waals surface area contributed by atoms with E-state index < -0.39 is 5.60 Å². The van der Waals surface area contributed by atoms with Crippen LogP contribution in [-0.4, -0.2) is 19.9 Å². The van der Waals surface area contributed by atoms with Gasteiger partial charge in [0, 0.05) is 22.9 Å². The number of anilines is 1. The maximum Gasteiger partial charge on any atom is 0.137 e. The lowest BCUT2D eigenvalue weighted by atomic mass is 9.79. The van der Waals surface area contributed by atoms with Gasteiger partial charge in [-0.1, -0.05) is 24.6 Å². The first-order valence-corrected chi connectivity index (χ1v) is 8.96. The van der Waals surface area contributed by atoms with Crippen molar-refractivity contribution < 1.29 is 5.11 Å². The van der Waals surface area contributed by atoms with Gasteiger partial charge in [-0.15, -0.1) is 0 Å². The molecule has 0 bridgehead atoms. The van der Waals surface area contributed by atoms with E-state index in [1.807, 2.05) is 35.0 Å². The number of halogens is 2. The van der Waals surface area contributed by atoms with E-state index in [1.54, 1.807) is 17.1 Å². The second kappa shape index (κ2) is 6.92. The second-order valence-electron chi connectivity index (χ2n) is 6.06. The van der Waals surface area contributed by atoms with Gasteiger partial charge in [-0.2, -0.15) is 8.74 Å². The van der Waals surface area contributed by atoms with E-state index in [-0.39, 0.29) is 5.92 Å². The molecule has 1 saturated carbocycles. The van der Waals surface area contributed by atoms with Gasteiger partial charge >= 0.3 is 0 Å². The van der Waals surface area contributed by atoms with Crippen LogP contribution >= 0.6 is 34.5 Å². The van der Waals surface area contributed by atoms with Gasteiger partial charge in [0.2, 0.25) is 0 Å². The van der Waals surface area contributed by atoms with E-state index in [0.29, 0.717) is 17.5 Å². The van der Waals surface area contributed by atoms with Gasteiger partial charge in [0.25, 0.3) is 0 Å². The van der Waals surface area contributed by atoms with Crippen molar-refractivity contribution in [3.05, 3.63) is 41.4 Å². The third-order valence-corrected chi connectivity index (χ3v) is 5.20. The summed E-state index contributed by atoms with van der Waals surface area (Å²) in [5.41, 5.74) is 3.52. The number of nitrogens with one attached hydrogen (secondary N) is 2. The summed E-state index contributed by atoms with van der Waals surface area (Å²) < 4.78 is 4.52. The Morgan fingerprint density at radius 3 is 2.91 bits per heavy atom. The van der Waals surface area contributed by atoms with Crippen LogP contribution in [-0.2, 0) is 12.1 Å². The molecule has 23 heavy (non-hydrogen) atoms. The quantitative estimate of drug-likeness (QED) is 0.345. The highest BCUT2D eigenvalue weighted by Gasteiger charge is 2.44. The zero-order valence-electron chi connectivity index (χ0n) is 12.7. The van der Waals surface area contributed by atoms with E-state index in [1.165, 1.54) is 6.33 Å². The summed E-state index contributed by atoms with van der Waals surface area (Å²) in [7, 11) is 0. The van der Waals surface area contributed by atoms with Crippen LogP contribution in [0.25, 0.3) is 0 Å². The molecule has 0 spiro atoms. The number of nitrogens with zero attached hydrogens (tertiary/aromatic N) is 3. The minimum absolute atomic E-state index is 0.119. The van der Waals surface area contributed by atoms with Gasteiger partial charge in [-0.05, 0) is 42.4 Å². The summed E-state index contributed by atoms with van der Waals surface area (Å²) in [5.74, 6) is 0.659. The highest BCUT2D eigenvalue weighted by atomic mass is 127.